The highest BCUT2D eigenvalue weighted by Crippen LogP contribution is 2.27. The van der Waals surface area contributed by atoms with E-state index in [1.54, 1.807) is 26.3 Å². The number of benzene rings is 2. The molecule has 0 N–H and O–H groups in total. The zero-order valence-corrected chi connectivity index (χ0v) is 24.7. The topological polar surface area (TPSA) is 90.8 Å². The molecule has 2 heterocycles. The lowest BCUT2D eigenvalue weighted by atomic mass is 10.1. The molecule has 0 saturated carbocycles. The van der Waals surface area contributed by atoms with Crippen molar-refractivity contribution in [2.24, 2.45) is 0 Å². The minimum Gasteiger partial charge on any atom is -0.476 e. The summed E-state index contributed by atoms with van der Waals surface area (Å²) in [6, 6.07) is 15.5. The van der Waals surface area contributed by atoms with Gasteiger partial charge in [0.1, 0.15) is 23.4 Å². The van der Waals surface area contributed by atoms with Gasteiger partial charge in [0.25, 0.3) is 0 Å². The number of aryl methyl sites for hydroxylation is 1. The van der Waals surface area contributed by atoms with Gasteiger partial charge < -0.3 is 18.3 Å². The van der Waals surface area contributed by atoms with Crippen LogP contribution in [-0.4, -0.2) is 32.0 Å². The summed E-state index contributed by atoms with van der Waals surface area (Å²) in [6.45, 7) is 12.5. The Morgan fingerprint density at radius 2 is 1.77 bits per heavy atom. The van der Waals surface area contributed by atoms with E-state index in [-0.39, 0.29) is 0 Å². The van der Waals surface area contributed by atoms with E-state index in [1.165, 1.54) is 0 Å². The van der Waals surface area contributed by atoms with E-state index in [0.29, 0.717) is 37.2 Å². The Morgan fingerprint density at radius 1 is 1.03 bits per heavy atom. The third kappa shape index (κ3) is 8.03. The monoisotopic (exact) mass is 595 g/mol. The van der Waals surface area contributed by atoms with Gasteiger partial charge in [0.05, 0.1) is 18.4 Å². The molecule has 8 nitrogen and oxygen atoms in total. The van der Waals surface area contributed by atoms with Crippen LogP contribution in [0.2, 0.25) is 0 Å². The first kappa shape index (κ1) is 28.6. The van der Waals surface area contributed by atoms with Crippen molar-refractivity contribution >= 4 is 21.9 Å². The van der Waals surface area contributed by atoms with Gasteiger partial charge in [-0.3, -0.25) is 4.90 Å². The molecule has 0 unspecified atom stereocenters. The molecule has 0 saturated heterocycles. The summed E-state index contributed by atoms with van der Waals surface area (Å²) < 4.78 is 24.0. The van der Waals surface area contributed by atoms with Crippen molar-refractivity contribution in [1.82, 2.24) is 14.9 Å². The summed E-state index contributed by atoms with van der Waals surface area (Å²) in [6.07, 6.45) is 3.21. The molecule has 0 aliphatic carbocycles. The summed E-state index contributed by atoms with van der Waals surface area (Å²) in [7, 11) is 0. The first-order valence-corrected chi connectivity index (χ1v) is 13.5. The van der Waals surface area contributed by atoms with Gasteiger partial charge in [0.2, 0.25) is 11.8 Å². The van der Waals surface area contributed by atoms with Crippen molar-refractivity contribution in [3.63, 3.8) is 0 Å². The quantitative estimate of drug-likeness (QED) is 0.179. The number of carbonyl (C=O) groups is 1. The maximum Gasteiger partial charge on any atom is 0.350 e. The fourth-order valence-electron chi connectivity index (χ4n) is 3.88. The summed E-state index contributed by atoms with van der Waals surface area (Å²) in [5.74, 6) is 2.12. The Bertz CT molecular complexity index is 1390. The van der Waals surface area contributed by atoms with Gasteiger partial charge >= 0.3 is 5.97 Å². The van der Waals surface area contributed by atoms with Crippen molar-refractivity contribution in [3.05, 3.63) is 88.4 Å². The van der Waals surface area contributed by atoms with Gasteiger partial charge in [0.15, 0.2) is 5.60 Å². The number of oxazole rings is 2. The molecular formula is C30H34BrN3O5. The van der Waals surface area contributed by atoms with E-state index in [9.17, 15) is 4.79 Å². The highest BCUT2D eigenvalue weighted by atomic mass is 79.9. The summed E-state index contributed by atoms with van der Waals surface area (Å²) in [5.41, 5.74) is 1.09. The fourth-order valence-corrected chi connectivity index (χ4v) is 4.28. The molecule has 0 atom stereocenters. The first-order valence-electron chi connectivity index (χ1n) is 12.7. The van der Waals surface area contributed by atoms with E-state index in [2.05, 4.69) is 25.8 Å². The smallest absolute Gasteiger partial charge is 0.350 e. The van der Waals surface area contributed by atoms with Gasteiger partial charge in [-0.15, -0.1) is 0 Å². The van der Waals surface area contributed by atoms with Crippen LogP contribution in [0.25, 0.3) is 11.5 Å². The van der Waals surface area contributed by atoms with E-state index >= 15 is 0 Å². The third-order valence-electron chi connectivity index (χ3n) is 5.77. The number of rotatable bonds is 10. The van der Waals surface area contributed by atoms with Crippen LogP contribution >= 0.6 is 15.9 Å². The molecule has 206 valence electrons. The van der Waals surface area contributed by atoms with E-state index in [4.69, 9.17) is 23.3 Å². The SMILES string of the molecule is Cc1oc(-c2cccc(Br)c2)nc1CN(Cc1ccc(OC(C)(C)C(=O)OC(C)(C)C)cc1)Cc1ncco1. The molecule has 0 aliphatic rings. The molecule has 0 radical (unpaired) electrons. The molecule has 2 aromatic carbocycles. The Labute approximate surface area is 237 Å². The second-order valence-corrected chi connectivity index (χ2v) is 11.8. The van der Waals surface area contributed by atoms with Crippen molar-refractivity contribution in [1.29, 1.82) is 0 Å². The minimum atomic E-state index is -1.12. The second kappa shape index (κ2) is 11.8. The number of aromatic nitrogens is 2. The average Bonchev–Trinajstić information content (AvgIpc) is 3.49. The maximum absolute atomic E-state index is 12.6. The summed E-state index contributed by atoms with van der Waals surface area (Å²) >= 11 is 3.51. The first-order chi connectivity index (χ1) is 18.4. The average molecular weight is 597 g/mol. The second-order valence-electron chi connectivity index (χ2n) is 10.9. The molecule has 0 amide bonds. The predicted octanol–water partition coefficient (Wildman–Crippen LogP) is 7.10. The Hall–Kier alpha value is -3.43. The highest BCUT2D eigenvalue weighted by Gasteiger charge is 2.34. The number of carbonyl (C=O) groups excluding carboxylic acids is 1. The molecule has 0 aliphatic heterocycles. The van der Waals surface area contributed by atoms with Gasteiger partial charge in [0, 0.05) is 23.1 Å². The Balaban J connectivity index is 1.48. The highest BCUT2D eigenvalue weighted by molar-refractivity contribution is 9.10. The largest absolute Gasteiger partial charge is 0.476 e. The van der Waals surface area contributed by atoms with Crippen molar-refractivity contribution in [2.75, 3.05) is 0 Å². The molecule has 0 spiro atoms. The molecule has 4 rings (SSSR count). The molecule has 2 aromatic heterocycles. The van der Waals surface area contributed by atoms with Crippen molar-refractivity contribution < 1.29 is 23.1 Å². The molecule has 9 heteroatoms. The normalized spacial score (nSPS) is 12.1. The number of hydrogen-bond donors (Lipinski definition) is 0. The van der Waals surface area contributed by atoms with Crippen LogP contribution in [0.5, 0.6) is 5.75 Å². The number of halogens is 1. The van der Waals surface area contributed by atoms with Crippen molar-refractivity contribution in [3.8, 4) is 17.2 Å². The summed E-state index contributed by atoms with van der Waals surface area (Å²) in [4.78, 5) is 23.8. The lowest BCUT2D eigenvalue weighted by Gasteiger charge is -2.29. The van der Waals surface area contributed by atoms with Crippen molar-refractivity contribution in [2.45, 2.75) is 72.4 Å². The number of hydrogen-bond acceptors (Lipinski definition) is 8. The molecular weight excluding hydrogens is 562 g/mol. The molecule has 0 bridgehead atoms. The van der Waals surface area contributed by atoms with Crippen LogP contribution in [-0.2, 0) is 29.2 Å². The van der Waals surface area contributed by atoms with Gasteiger partial charge in [-0.1, -0.05) is 34.1 Å². The minimum absolute atomic E-state index is 0.415. The maximum atomic E-state index is 12.6. The zero-order chi connectivity index (χ0) is 28.2. The summed E-state index contributed by atoms with van der Waals surface area (Å²) in [5, 5.41) is 0. The van der Waals surface area contributed by atoms with Crippen LogP contribution < -0.4 is 4.74 Å². The molecule has 39 heavy (non-hydrogen) atoms. The lowest BCUT2D eigenvalue weighted by Crippen LogP contribution is -2.43. The third-order valence-corrected chi connectivity index (χ3v) is 6.27. The molecule has 4 aromatic rings. The van der Waals surface area contributed by atoms with E-state index in [1.807, 2.05) is 76.2 Å². The number of nitrogens with zero attached hydrogens (tertiary/aromatic N) is 3. The molecule has 0 fully saturated rings. The van der Waals surface area contributed by atoms with Gasteiger partial charge in [-0.05, 0) is 77.4 Å². The van der Waals surface area contributed by atoms with Gasteiger partial charge in [-0.2, -0.15) is 0 Å². The predicted molar refractivity (Wildman–Crippen MR) is 151 cm³/mol. The van der Waals surface area contributed by atoms with E-state index in [0.717, 1.165) is 27.1 Å². The van der Waals surface area contributed by atoms with Crippen LogP contribution in [0.15, 0.2) is 74.3 Å². The van der Waals surface area contributed by atoms with Crippen LogP contribution in [0.4, 0.5) is 0 Å². The van der Waals surface area contributed by atoms with E-state index < -0.39 is 17.2 Å². The lowest BCUT2D eigenvalue weighted by molar-refractivity contribution is -0.170. The number of ether oxygens (including phenoxy) is 2. The zero-order valence-electron chi connectivity index (χ0n) is 23.2. The standard InChI is InChI=1S/C30H34BrN3O5/c1-20-25(33-27(37-20)22-8-7-9-23(31)16-22)18-34(19-26-32-14-15-36-26)17-21-10-12-24(13-11-21)38-30(5,6)28(35)39-29(2,3)4/h7-16H,17-19H2,1-6H3. The fraction of sp³-hybridized carbons (Fsp3) is 0.367. The Kier molecular flexibility index (Phi) is 8.61. The Morgan fingerprint density at radius 3 is 2.41 bits per heavy atom. The van der Waals surface area contributed by atoms with Gasteiger partial charge in [-0.25, -0.2) is 14.8 Å². The van der Waals surface area contributed by atoms with Crippen LogP contribution in [0.1, 0.15) is 57.5 Å². The number of esters is 1. The van der Waals surface area contributed by atoms with Crippen LogP contribution in [0.3, 0.4) is 0 Å². The van der Waals surface area contributed by atoms with Crippen LogP contribution in [0, 0.1) is 6.92 Å².